The summed E-state index contributed by atoms with van der Waals surface area (Å²) in [6.07, 6.45) is -0.701. The molecule has 4 N–H and O–H groups in total. The Morgan fingerprint density at radius 1 is 0.683 bits per heavy atom. The van der Waals surface area contributed by atoms with Crippen molar-refractivity contribution >= 4 is 23.9 Å². The first-order valence-corrected chi connectivity index (χ1v) is 13.2. The summed E-state index contributed by atoms with van der Waals surface area (Å²) in [5.74, 6) is -5.27. The molecule has 5 rings (SSSR count). The molecular formula is C31H31NO9. The fourth-order valence-corrected chi connectivity index (χ4v) is 4.98. The van der Waals surface area contributed by atoms with Crippen LogP contribution in [0.4, 0.5) is 0 Å². The van der Waals surface area contributed by atoms with Crippen LogP contribution in [0.1, 0.15) is 52.0 Å². The average molecular weight is 562 g/mol. The van der Waals surface area contributed by atoms with E-state index in [2.05, 4.69) is 39.1 Å². The molecule has 0 radical (unpaired) electrons. The van der Waals surface area contributed by atoms with Gasteiger partial charge in [-0.05, 0) is 55.5 Å². The molecule has 0 spiro atoms. The maximum absolute atomic E-state index is 11.7. The first kappa shape index (κ1) is 29.8. The van der Waals surface area contributed by atoms with Crippen LogP contribution in [0, 0.1) is 0 Å². The molecule has 2 bridgehead atoms. The maximum atomic E-state index is 11.7. The molecule has 2 unspecified atom stereocenters. The van der Waals surface area contributed by atoms with Gasteiger partial charge in [-0.2, -0.15) is 0 Å². The number of esters is 4. The molecule has 10 heteroatoms. The summed E-state index contributed by atoms with van der Waals surface area (Å²) in [4.78, 5) is 46.8. The number of piperidine rings is 1. The Morgan fingerprint density at radius 2 is 1.12 bits per heavy atom. The van der Waals surface area contributed by atoms with E-state index in [0.717, 1.165) is 19.3 Å². The lowest BCUT2D eigenvalue weighted by atomic mass is 9.81. The molecule has 10 nitrogen and oxygen atoms in total. The number of rotatable bonds is 6. The standard InChI is InChI=1S/C18H14O8.C13H17NO/c19-13(17(23)25-15(21)11-7-3-1-4-8-11)14(20)18(24)26-16(22)12-9-5-2-6-10-12;15-12-7-6-11-8-9-13(12,14-11)10-4-2-1-3-5-10/h1-10,13-14,19-20H;1-5,11-12,14-15H,6-9H2/t;11-,12+,13+/m.1/s1. The minimum Gasteiger partial charge on any atom is -0.391 e. The van der Waals surface area contributed by atoms with Gasteiger partial charge in [-0.1, -0.05) is 66.7 Å². The third-order valence-electron chi connectivity index (χ3n) is 7.18. The third kappa shape index (κ3) is 7.11. The number of carbonyl (C=O) groups excluding carboxylic acids is 4. The number of hydrogen-bond acceptors (Lipinski definition) is 10. The molecule has 0 aromatic heterocycles. The van der Waals surface area contributed by atoms with Crippen LogP contribution in [0.3, 0.4) is 0 Å². The monoisotopic (exact) mass is 561 g/mol. The molecule has 0 amide bonds. The highest BCUT2D eigenvalue weighted by molar-refractivity contribution is 6.01. The lowest BCUT2D eigenvalue weighted by molar-refractivity contribution is -0.166. The van der Waals surface area contributed by atoms with Gasteiger partial charge in [-0.15, -0.1) is 0 Å². The van der Waals surface area contributed by atoms with Crippen molar-refractivity contribution in [2.75, 3.05) is 0 Å². The van der Waals surface area contributed by atoms with Gasteiger partial charge in [-0.25, -0.2) is 19.2 Å². The van der Waals surface area contributed by atoms with Gasteiger partial charge in [0.15, 0.2) is 12.2 Å². The van der Waals surface area contributed by atoms with Crippen LogP contribution in [0.25, 0.3) is 0 Å². The normalized spacial score (nSPS) is 22.3. The van der Waals surface area contributed by atoms with E-state index in [1.54, 1.807) is 12.1 Å². The molecule has 214 valence electrons. The van der Waals surface area contributed by atoms with E-state index in [1.807, 2.05) is 6.07 Å². The van der Waals surface area contributed by atoms with Gasteiger partial charge in [0.25, 0.3) is 0 Å². The SMILES string of the molecule is O=C(OC(=O)C(O)C(O)C(=O)OC(=O)c1ccccc1)c1ccccc1.O[C@H]1CC[C@@H]2CC[C@@]1(c1ccccc1)N2. The van der Waals surface area contributed by atoms with Crippen LogP contribution < -0.4 is 5.32 Å². The number of carbonyl (C=O) groups is 4. The summed E-state index contributed by atoms with van der Waals surface area (Å²) in [6.45, 7) is 0. The smallest absolute Gasteiger partial charge is 0.346 e. The van der Waals surface area contributed by atoms with Crippen molar-refractivity contribution in [2.45, 2.75) is 55.6 Å². The maximum Gasteiger partial charge on any atom is 0.346 e. The number of aliphatic hydroxyl groups is 3. The third-order valence-corrected chi connectivity index (χ3v) is 7.18. The Bertz CT molecular complexity index is 1280. The Morgan fingerprint density at radius 3 is 1.59 bits per heavy atom. The number of benzene rings is 3. The fourth-order valence-electron chi connectivity index (χ4n) is 4.98. The second-order valence-electron chi connectivity index (χ2n) is 9.85. The number of nitrogens with one attached hydrogen (secondary N) is 1. The largest absolute Gasteiger partial charge is 0.391 e. The molecule has 5 atom stereocenters. The van der Waals surface area contributed by atoms with E-state index in [0.29, 0.717) is 6.04 Å². The molecule has 2 saturated heterocycles. The van der Waals surface area contributed by atoms with Crippen molar-refractivity contribution in [3.8, 4) is 0 Å². The van der Waals surface area contributed by atoms with Crippen molar-refractivity contribution in [3.63, 3.8) is 0 Å². The molecule has 3 aromatic rings. The molecule has 2 fully saturated rings. The van der Waals surface area contributed by atoms with Crippen LogP contribution in [0.5, 0.6) is 0 Å². The average Bonchev–Trinajstić information content (AvgIpc) is 3.39. The number of aliphatic hydroxyl groups excluding tert-OH is 3. The lowest BCUT2D eigenvalue weighted by Crippen LogP contribution is -2.53. The van der Waals surface area contributed by atoms with Gasteiger partial charge in [0.2, 0.25) is 0 Å². The van der Waals surface area contributed by atoms with Gasteiger partial charge >= 0.3 is 23.9 Å². The van der Waals surface area contributed by atoms with Gasteiger partial charge < -0.3 is 30.1 Å². The van der Waals surface area contributed by atoms with Gasteiger partial charge in [0, 0.05) is 6.04 Å². The zero-order chi connectivity index (χ0) is 29.4. The van der Waals surface area contributed by atoms with Crippen molar-refractivity contribution < 1.29 is 44.0 Å². The fraction of sp³-hybridized carbons (Fsp3) is 0.290. The molecule has 2 aliphatic rings. The second kappa shape index (κ2) is 13.4. The highest BCUT2D eigenvalue weighted by Gasteiger charge is 2.48. The molecule has 41 heavy (non-hydrogen) atoms. The first-order valence-electron chi connectivity index (χ1n) is 13.2. The van der Waals surface area contributed by atoms with E-state index in [1.165, 1.54) is 60.5 Å². The summed E-state index contributed by atoms with van der Waals surface area (Å²) >= 11 is 0. The summed E-state index contributed by atoms with van der Waals surface area (Å²) in [6, 6.07) is 25.9. The van der Waals surface area contributed by atoms with Crippen molar-refractivity contribution in [1.82, 2.24) is 5.32 Å². The van der Waals surface area contributed by atoms with Crippen molar-refractivity contribution in [2.24, 2.45) is 0 Å². The van der Waals surface area contributed by atoms with Crippen molar-refractivity contribution in [3.05, 3.63) is 108 Å². The van der Waals surface area contributed by atoms with Crippen LogP contribution in [0.2, 0.25) is 0 Å². The Labute approximate surface area is 236 Å². The highest BCUT2D eigenvalue weighted by atomic mass is 16.6. The van der Waals surface area contributed by atoms with Crippen LogP contribution in [0.15, 0.2) is 91.0 Å². The van der Waals surface area contributed by atoms with Crippen molar-refractivity contribution in [1.29, 1.82) is 0 Å². The van der Waals surface area contributed by atoms with E-state index in [-0.39, 0.29) is 22.8 Å². The van der Waals surface area contributed by atoms with E-state index >= 15 is 0 Å². The number of hydrogen-bond donors (Lipinski definition) is 4. The quantitative estimate of drug-likeness (QED) is 0.260. The highest BCUT2D eigenvalue weighted by Crippen LogP contribution is 2.42. The molecular weight excluding hydrogens is 530 g/mol. The lowest BCUT2D eigenvalue weighted by Gasteiger charge is -2.39. The minimum absolute atomic E-state index is 0.0318. The first-order chi connectivity index (χ1) is 19.7. The van der Waals surface area contributed by atoms with Gasteiger partial charge in [0.1, 0.15) is 0 Å². The van der Waals surface area contributed by atoms with Crippen LogP contribution in [-0.2, 0) is 24.6 Å². The zero-order valence-electron chi connectivity index (χ0n) is 22.1. The summed E-state index contributed by atoms with van der Waals surface area (Å²) in [5, 5.41) is 33.2. The summed E-state index contributed by atoms with van der Waals surface area (Å²) < 4.78 is 8.76. The molecule has 2 heterocycles. The van der Waals surface area contributed by atoms with E-state index in [9.17, 15) is 34.5 Å². The Balaban J connectivity index is 0.000000216. The minimum atomic E-state index is -2.40. The zero-order valence-corrected chi connectivity index (χ0v) is 22.1. The predicted molar refractivity (Wildman–Crippen MR) is 145 cm³/mol. The second-order valence-corrected chi connectivity index (χ2v) is 9.85. The number of fused-ring (bicyclic) bond motifs is 2. The van der Waals surface area contributed by atoms with Crippen LogP contribution >= 0.6 is 0 Å². The Hall–Kier alpha value is -4.22. The van der Waals surface area contributed by atoms with E-state index < -0.39 is 36.1 Å². The predicted octanol–water partition coefficient (Wildman–Crippen LogP) is 2.26. The summed E-state index contributed by atoms with van der Waals surface area (Å²) in [7, 11) is 0. The molecule has 0 aliphatic carbocycles. The van der Waals surface area contributed by atoms with Gasteiger partial charge in [0.05, 0.1) is 22.8 Å². The number of ether oxygens (including phenoxy) is 2. The summed E-state index contributed by atoms with van der Waals surface area (Å²) in [5.41, 5.74) is 1.16. The topological polar surface area (TPSA) is 159 Å². The molecule has 2 aliphatic heterocycles. The molecule has 0 saturated carbocycles. The van der Waals surface area contributed by atoms with Crippen LogP contribution in [-0.4, -0.2) is 63.6 Å². The molecule has 3 aromatic carbocycles. The van der Waals surface area contributed by atoms with Gasteiger partial charge in [-0.3, -0.25) is 0 Å². The Kier molecular flexibility index (Phi) is 9.74. The van der Waals surface area contributed by atoms with E-state index in [4.69, 9.17) is 0 Å².